The second kappa shape index (κ2) is 6.70. The van der Waals surface area contributed by atoms with Gasteiger partial charge in [-0.1, -0.05) is 53.5 Å². The van der Waals surface area contributed by atoms with E-state index < -0.39 is 6.10 Å². The van der Waals surface area contributed by atoms with Crippen molar-refractivity contribution < 1.29 is 5.11 Å². The third-order valence-corrected chi connectivity index (χ3v) is 5.15. The summed E-state index contributed by atoms with van der Waals surface area (Å²) in [5.74, 6) is 0. The average Bonchev–Trinajstić information content (AvgIpc) is 3.34. The van der Waals surface area contributed by atoms with Gasteiger partial charge in [-0.3, -0.25) is 0 Å². The van der Waals surface area contributed by atoms with E-state index in [1.54, 1.807) is 12.1 Å². The molecule has 0 radical (unpaired) electrons. The second-order valence-corrected chi connectivity index (χ2v) is 7.01. The molecule has 0 spiro atoms. The van der Waals surface area contributed by atoms with E-state index in [0.717, 1.165) is 6.54 Å². The number of nitrogen functional groups attached to an aromatic ring is 1. The van der Waals surface area contributed by atoms with E-state index in [4.69, 9.17) is 28.9 Å². The maximum Gasteiger partial charge on any atom is 0.0915 e. The van der Waals surface area contributed by atoms with Crippen LogP contribution in [0.25, 0.3) is 0 Å². The molecule has 1 aliphatic carbocycles. The van der Waals surface area contributed by atoms with Gasteiger partial charge in [0.1, 0.15) is 0 Å². The van der Waals surface area contributed by atoms with Crippen molar-refractivity contribution >= 4 is 28.9 Å². The molecule has 1 aliphatic rings. The van der Waals surface area contributed by atoms with Gasteiger partial charge in [0, 0.05) is 18.5 Å². The Morgan fingerprint density at radius 3 is 2.30 bits per heavy atom. The molecule has 0 aliphatic heterocycles. The van der Waals surface area contributed by atoms with Crippen molar-refractivity contribution in [2.75, 3.05) is 18.8 Å². The van der Waals surface area contributed by atoms with Crippen LogP contribution in [0.4, 0.5) is 5.69 Å². The van der Waals surface area contributed by atoms with Gasteiger partial charge in [-0.15, -0.1) is 0 Å². The van der Waals surface area contributed by atoms with Gasteiger partial charge in [0.15, 0.2) is 0 Å². The number of anilines is 1. The quantitative estimate of drug-likeness (QED) is 0.691. The van der Waals surface area contributed by atoms with Crippen LogP contribution in [-0.4, -0.2) is 18.2 Å². The van der Waals surface area contributed by atoms with Gasteiger partial charge >= 0.3 is 0 Å². The number of aliphatic hydroxyl groups is 1. The molecule has 1 saturated carbocycles. The molecular weight excluding hydrogens is 331 g/mol. The van der Waals surface area contributed by atoms with E-state index >= 15 is 0 Å². The van der Waals surface area contributed by atoms with Crippen LogP contribution in [-0.2, 0) is 5.41 Å². The van der Waals surface area contributed by atoms with Crippen molar-refractivity contribution in [3.63, 3.8) is 0 Å². The molecule has 2 aromatic rings. The van der Waals surface area contributed by atoms with Crippen LogP contribution in [0.3, 0.4) is 0 Å². The predicted octanol–water partition coefficient (Wildman–Crippen LogP) is 3.93. The molecule has 23 heavy (non-hydrogen) atoms. The van der Waals surface area contributed by atoms with Gasteiger partial charge in [-0.05, 0) is 36.1 Å². The standard InChI is InChI=1S/C18H20Cl2N2O/c19-14-8-12(9-15(20)17(14)21)16(23)10-22-11-18(6-7-18)13-4-2-1-3-5-13/h1-5,8-9,16,22-23H,6-7,10-11,21H2. The van der Waals surface area contributed by atoms with Crippen LogP contribution in [0.2, 0.25) is 10.0 Å². The normalized spacial score (nSPS) is 17.0. The lowest BCUT2D eigenvalue weighted by Crippen LogP contribution is -2.30. The molecule has 1 unspecified atom stereocenters. The maximum absolute atomic E-state index is 10.3. The highest BCUT2D eigenvalue weighted by molar-refractivity contribution is 6.38. The Morgan fingerprint density at radius 1 is 1.13 bits per heavy atom. The van der Waals surface area contributed by atoms with Gasteiger partial charge in [0.05, 0.1) is 21.8 Å². The van der Waals surface area contributed by atoms with E-state index in [1.807, 2.05) is 6.07 Å². The second-order valence-electron chi connectivity index (χ2n) is 6.19. The minimum Gasteiger partial charge on any atom is -0.396 e. The van der Waals surface area contributed by atoms with Crippen molar-refractivity contribution in [3.05, 3.63) is 63.6 Å². The van der Waals surface area contributed by atoms with Crippen molar-refractivity contribution in [1.82, 2.24) is 5.32 Å². The Balaban J connectivity index is 1.59. The lowest BCUT2D eigenvalue weighted by atomic mass is 9.96. The zero-order chi connectivity index (χ0) is 16.4. The van der Waals surface area contributed by atoms with Gasteiger partial charge in [0.25, 0.3) is 0 Å². The molecule has 3 nitrogen and oxygen atoms in total. The Hall–Kier alpha value is -1.26. The fourth-order valence-electron chi connectivity index (χ4n) is 2.87. The summed E-state index contributed by atoms with van der Waals surface area (Å²) in [6.45, 7) is 1.30. The fourth-order valence-corrected chi connectivity index (χ4v) is 3.38. The number of hydrogen-bond donors (Lipinski definition) is 3. The molecule has 0 amide bonds. The minimum absolute atomic E-state index is 0.220. The molecular formula is C18H20Cl2N2O. The summed E-state index contributed by atoms with van der Waals surface area (Å²) >= 11 is 12.0. The monoisotopic (exact) mass is 350 g/mol. The van der Waals surface area contributed by atoms with Gasteiger partial charge in [-0.2, -0.15) is 0 Å². The molecule has 3 rings (SSSR count). The molecule has 1 fully saturated rings. The highest BCUT2D eigenvalue weighted by Crippen LogP contribution is 2.47. The smallest absolute Gasteiger partial charge is 0.0915 e. The third-order valence-electron chi connectivity index (χ3n) is 4.53. The predicted molar refractivity (Wildman–Crippen MR) is 96.1 cm³/mol. The number of halogens is 2. The summed E-state index contributed by atoms with van der Waals surface area (Å²) in [6, 6.07) is 13.9. The summed E-state index contributed by atoms with van der Waals surface area (Å²) in [4.78, 5) is 0. The van der Waals surface area contributed by atoms with E-state index in [2.05, 4.69) is 29.6 Å². The summed E-state index contributed by atoms with van der Waals surface area (Å²) in [5, 5.41) is 14.4. The van der Waals surface area contributed by atoms with Crippen LogP contribution < -0.4 is 11.1 Å². The first-order valence-electron chi connectivity index (χ1n) is 7.70. The van der Waals surface area contributed by atoms with Crippen molar-refractivity contribution in [1.29, 1.82) is 0 Å². The zero-order valence-electron chi connectivity index (χ0n) is 12.7. The van der Waals surface area contributed by atoms with Crippen molar-refractivity contribution in [2.24, 2.45) is 0 Å². The fraction of sp³-hybridized carbons (Fsp3) is 0.333. The van der Waals surface area contributed by atoms with Crippen LogP contribution in [0.15, 0.2) is 42.5 Å². The molecule has 0 aromatic heterocycles. The molecule has 5 heteroatoms. The topological polar surface area (TPSA) is 58.3 Å². The third kappa shape index (κ3) is 3.64. The first kappa shape index (κ1) is 16.6. The van der Waals surface area contributed by atoms with Gasteiger partial charge in [0.2, 0.25) is 0 Å². The molecule has 0 heterocycles. The molecule has 0 saturated heterocycles. The number of hydrogen-bond acceptors (Lipinski definition) is 3. The Kier molecular flexibility index (Phi) is 4.83. The Bertz CT molecular complexity index is 664. The van der Waals surface area contributed by atoms with E-state index in [9.17, 15) is 5.11 Å². The van der Waals surface area contributed by atoms with E-state index in [1.165, 1.54) is 18.4 Å². The average molecular weight is 351 g/mol. The lowest BCUT2D eigenvalue weighted by molar-refractivity contribution is 0.174. The van der Waals surface area contributed by atoms with Crippen LogP contribution >= 0.6 is 23.2 Å². The number of benzene rings is 2. The lowest BCUT2D eigenvalue weighted by Gasteiger charge is -2.19. The van der Waals surface area contributed by atoms with E-state index in [-0.39, 0.29) is 5.41 Å². The Morgan fingerprint density at radius 2 is 1.74 bits per heavy atom. The summed E-state index contributed by atoms with van der Waals surface area (Å²) in [5.41, 5.74) is 8.32. The first-order valence-corrected chi connectivity index (χ1v) is 8.46. The number of nitrogens with one attached hydrogen (secondary N) is 1. The van der Waals surface area contributed by atoms with Crippen LogP contribution in [0, 0.1) is 0 Å². The molecule has 0 bridgehead atoms. The highest BCUT2D eigenvalue weighted by atomic mass is 35.5. The zero-order valence-corrected chi connectivity index (χ0v) is 14.2. The maximum atomic E-state index is 10.3. The van der Waals surface area contributed by atoms with Crippen LogP contribution in [0.5, 0.6) is 0 Å². The van der Waals surface area contributed by atoms with Crippen molar-refractivity contribution in [3.8, 4) is 0 Å². The molecule has 2 aromatic carbocycles. The first-order chi connectivity index (χ1) is 11.0. The summed E-state index contributed by atoms with van der Waals surface area (Å²) in [7, 11) is 0. The largest absolute Gasteiger partial charge is 0.396 e. The number of aliphatic hydroxyl groups excluding tert-OH is 1. The van der Waals surface area contributed by atoms with E-state index in [0.29, 0.717) is 27.8 Å². The van der Waals surface area contributed by atoms with Crippen LogP contribution in [0.1, 0.15) is 30.1 Å². The van der Waals surface area contributed by atoms with Gasteiger partial charge < -0.3 is 16.2 Å². The Labute approximate surface area is 146 Å². The summed E-state index contributed by atoms with van der Waals surface area (Å²) in [6.07, 6.45) is 1.69. The van der Waals surface area contributed by atoms with Gasteiger partial charge in [-0.25, -0.2) is 0 Å². The molecule has 122 valence electrons. The molecule has 1 atom stereocenters. The SMILES string of the molecule is Nc1c(Cl)cc(C(O)CNCC2(c3ccccc3)CC2)cc1Cl. The number of rotatable bonds is 6. The minimum atomic E-state index is -0.669. The highest BCUT2D eigenvalue weighted by Gasteiger charge is 2.43. The summed E-state index contributed by atoms with van der Waals surface area (Å²) < 4.78 is 0. The molecule has 4 N–H and O–H groups in total. The number of nitrogens with two attached hydrogens (primary N) is 1. The van der Waals surface area contributed by atoms with Crippen molar-refractivity contribution in [2.45, 2.75) is 24.4 Å².